The van der Waals surface area contributed by atoms with Gasteiger partial charge < -0.3 is 9.73 Å². The Morgan fingerprint density at radius 3 is 2.09 bits per heavy atom. The van der Waals surface area contributed by atoms with Crippen LogP contribution in [0.15, 0.2) is 184 Å². The lowest BCUT2D eigenvalue weighted by molar-refractivity contribution is 0.669. The summed E-state index contributed by atoms with van der Waals surface area (Å²) in [5, 5.41) is 15.8. The molecule has 0 bridgehead atoms. The number of hydrogen-bond acceptors (Lipinski definition) is 4. The molecule has 5 heteroatoms. The van der Waals surface area contributed by atoms with Gasteiger partial charge in [-0.25, -0.2) is 9.98 Å². The van der Waals surface area contributed by atoms with Gasteiger partial charge in [0.15, 0.2) is 11.4 Å². The number of halogens is 1. The number of fused-ring (bicyclic) bond motifs is 8. The van der Waals surface area contributed by atoms with Gasteiger partial charge in [-0.15, -0.1) is 0 Å². The maximum Gasteiger partial charge on any atom is 0.159 e. The van der Waals surface area contributed by atoms with Crippen molar-refractivity contribution in [1.82, 2.24) is 5.32 Å². The summed E-state index contributed by atoms with van der Waals surface area (Å²) in [6.45, 7) is 0. The summed E-state index contributed by atoms with van der Waals surface area (Å²) in [7, 11) is 0. The number of para-hydroxylation sites is 1. The maximum absolute atomic E-state index is 6.64. The summed E-state index contributed by atoms with van der Waals surface area (Å²) >= 11 is 6.64. The van der Waals surface area contributed by atoms with Crippen molar-refractivity contribution in [2.24, 2.45) is 9.98 Å². The highest BCUT2D eigenvalue weighted by molar-refractivity contribution is 6.36. The number of furan rings is 1. The molecule has 1 unspecified atom stereocenters. The molecule has 4 nitrogen and oxygen atoms in total. The van der Waals surface area contributed by atoms with Crippen LogP contribution in [0.3, 0.4) is 0 Å². The number of nitrogens with one attached hydrogen (secondary N) is 1. The minimum Gasteiger partial charge on any atom is -0.454 e. The predicted octanol–water partition coefficient (Wildman–Crippen LogP) is 13.0. The topological polar surface area (TPSA) is 49.9 Å². The second kappa shape index (κ2) is 12.2. The van der Waals surface area contributed by atoms with Crippen molar-refractivity contribution < 1.29 is 4.42 Å². The van der Waals surface area contributed by atoms with Gasteiger partial charge in [-0.2, -0.15) is 0 Å². The molecule has 1 aromatic heterocycles. The molecule has 0 fully saturated rings. The van der Waals surface area contributed by atoms with Crippen LogP contribution in [-0.4, -0.2) is 11.7 Å². The van der Waals surface area contributed by atoms with Crippen LogP contribution in [0.2, 0.25) is 5.02 Å². The first-order valence-corrected chi connectivity index (χ1v) is 18.5. The van der Waals surface area contributed by atoms with E-state index in [0.29, 0.717) is 16.4 Å². The van der Waals surface area contributed by atoms with Crippen LogP contribution in [0.25, 0.3) is 76.2 Å². The maximum atomic E-state index is 6.64. The zero-order chi connectivity index (χ0) is 35.8. The van der Waals surface area contributed by atoms with E-state index < -0.39 is 0 Å². The number of benzene rings is 9. The lowest BCUT2D eigenvalue weighted by Crippen LogP contribution is -2.33. The Morgan fingerprint density at radius 1 is 0.500 bits per heavy atom. The Kier molecular flexibility index (Phi) is 6.94. The first-order chi connectivity index (χ1) is 26.6. The molecule has 1 atom stereocenters. The van der Waals surface area contributed by atoms with Crippen LogP contribution in [-0.2, 0) is 0 Å². The molecule has 0 saturated carbocycles. The van der Waals surface area contributed by atoms with Gasteiger partial charge in [-0.1, -0.05) is 145 Å². The van der Waals surface area contributed by atoms with Crippen molar-refractivity contribution in [2.45, 2.75) is 6.17 Å². The van der Waals surface area contributed by atoms with E-state index in [4.69, 9.17) is 26.0 Å². The number of amidine groups is 2. The minimum absolute atomic E-state index is 0.362. The standard InChI is InChI=1S/C49H30ClN3O/c50-43-17-7-16-40-45-39(15-8-18-44(45)54-46(40)43)42-28-36(26-33-12-4-6-14-38(33)42)49-52-47(34-23-19-29-9-1-2-11-32(29)25-34)51-48(53-49)35-24-22-31-21-20-30-10-3-5-13-37(30)41(31)27-35/h1-28,47H,(H,51,52,53). The highest BCUT2D eigenvalue weighted by atomic mass is 35.5. The molecular weight excluding hydrogens is 682 g/mol. The monoisotopic (exact) mass is 711 g/mol. The quantitative estimate of drug-likeness (QED) is 0.185. The fourth-order valence-corrected chi connectivity index (χ4v) is 8.34. The Balaban J connectivity index is 1.14. The molecule has 11 rings (SSSR count). The van der Waals surface area contributed by atoms with Crippen LogP contribution in [0.5, 0.6) is 0 Å². The van der Waals surface area contributed by atoms with Crippen molar-refractivity contribution in [3.8, 4) is 11.1 Å². The highest BCUT2D eigenvalue weighted by Gasteiger charge is 2.24. The lowest BCUT2D eigenvalue weighted by Gasteiger charge is -2.24. The molecule has 9 aromatic carbocycles. The van der Waals surface area contributed by atoms with Crippen LogP contribution in [0.1, 0.15) is 22.9 Å². The van der Waals surface area contributed by atoms with Gasteiger partial charge in [-0.05, 0) is 96.2 Å². The van der Waals surface area contributed by atoms with Crippen LogP contribution in [0.4, 0.5) is 0 Å². The summed E-state index contributed by atoms with van der Waals surface area (Å²) in [6.07, 6.45) is -0.362. The van der Waals surface area contributed by atoms with Crippen LogP contribution >= 0.6 is 11.6 Å². The third-order valence-corrected chi connectivity index (χ3v) is 11.0. The van der Waals surface area contributed by atoms with Gasteiger partial charge in [0.05, 0.1) is 5.02 Å². The number of nitrogens with zero attached hydrogens (tertiary/aromatic N) is 2. The average Bonchev–Trinajstić information content (AvgIpc) is 3.63. The van der Waals surface area contributed by atoms with Crippen molar-refractivity contribution >= 4 is 88.3 Å². The lowest BCUT2D eigenvalue weighted by atomic mass is 9.92. The predicted molar refractivity (Wildman–Crippen MR) is 226 cm³/mol. The molecule has 1 N–H and O–H groups in total. The first kappa shape index (κ1) is 30.8. The van der Waals surface area contributed by atoms with Crippen LogP contribution < -0.4 is 5.32 Å². The smallest absolute Gasteiger partial charge is 0.159 e. The van der Waals surface area contributed by atoms with Gasteiger partial charge >= 0.3 is 0 Å². The van der Waals surface area contributed by atoms with Gasteiger partial charge in [0, 0.05) is 21.9 Å². The largest absolute Gasteiger partial charge is 0.454 e. The van der Waals surface area contributed by atoms with Crippen molar-refractivity contribution in [1.29, 1.82) is 0 Å². The summed E-state index contributed by atoms with van der Waals surface area (Å²) in [4.78, 5) is 10.7. The molecule has 254 valence electrons. The molecule has 2 heterocycles. The molecule has 0 spiro atoms. The van der Waals surface area contributed by atoms with Crippen molar-refractivity contribution in [3.05, 3.63) is 192 Å². The molecule has 0 amide bonds. The minimum atomic E-state index is -0.362. The second-order valence-electron chi connectivity index (χ2n) is 13.9. The Hall–Kier alpha value is -6.75. The van der Waals surface area contributed by atoms with E-state index in [1.54, 1.807) is 0 Å². The van der Waals surface area contributed by atoms with Crippen molar-refractivity contribution in [2.75, 3.05) is 0 Å². The number of aliphatic imine (C=N–C) groups is 2. The Labute approximate surface area is 315 Å². The van der Waals surface area contributed by atoms with E-state index in [0.717, 1.165) is 60.8 Å². The molecule has 1 aliphatic rings. The molecule has 0 aliphatic carbocycles. The molecular formula is C49H30ClN3O. The highest BCUT2D eigenvalue weighted by Crippen LogP contribution is 2.42. The molecule has 0 radical (unpaired) electrons. The normalized spacial score (nSPS) is 14.6. The number of rotatable bonds is 4. The SMILES string of the molecule is Clc1cccc2c1oc1cccc(-c3cc(C4=NC(c5ccc6ccccc6c5)NC(c5ccc6ccc7ccccc7c6c5)=N4)cc4ccccc34)c12. The summed E-state index contributed by atoms with van der Waals surface area (Å²) in [6, 6.07) is 59.6. The average molecular weight is 712 g/mol. The third-order valence-electron chi connectivity index (χ3n) is 10.7. The molecule has 0 saturated heterocycles. The third kappa shape index (κ3) is 4.99. The van der Waals surface area contributed by atoms with Gasteiger partial charge in [-0.3, -0.25) is 0 Å². The molecule has 1 aliphatic heterocycles. The van der Waals surface area contributed by atoms with Crippen molar-refractivity contribution in [3.63, 3.8) is 0 Å². The van der Waals surface area contributed by atoms with E-state index in [1.165, 1.54) is 32.3 Å². The fraction of sp³-hybridized carbons (Fsp3) is 0.0204. The van der Waals surface area contributed by atoms with E-state index in [2.05, 4.69) is 151 Å². The fourth-order valence-electron chi connectivity index (χ4n) is 8.12. The number of hydrogen-bond donors (Lipinski definition) is 1. The van der Waals surface area contributed by atoms with Gasteiger partial charge in [0.1, 0.15) is 17.6 Å². The molecule has 10 aromatic rings. The summed E-state index contributed by atoms with van der Waals surface area (Å²) in [5.74, 6) is 1.44. The Morgan fingerprint density at radius 2 is 1.20 bits per heavy atom. The summed E-state index contributed by atoms with van der Waals surface area (Å²) in [5.41, 5.74) is 6.64. The zero-order valence-corrected chi connectivity index (χ0v) is 29.7. The summed E-state index contributed by atoms with van der Waals surface area (Å²) < 4.78 is 6.33. The van der Waals surface area contributed by atoms with E-state index in [-0.39, 0.29) is 6.17 Å². The van der Waals surface area contributed by atoms with Crippen LogP contribution in [0, 0.1) is 0 Å². The second-order valence-corrected chi connectivity index (χ2v) is 14.3. The molecule has 54 heavy (non-hydrogen) atoms. The van der Waals surface area contributed by atoms with E-state index in [9.17, 15) is 0 Å². The first-order valence-electron chi connectivity index (χ1n) is 18.1. The van der Waals surface area contributed by atoms with E-state index >= 15 is 0 Å². The van der Waals surface area contributed by atoms with Gasteiger partial charge in [0.25, 0.3) is 0 Å². The van der Waals surface area contributed by atoms with E-state index in [1.807, 2.05) is 24.3 Å². The van der Waals surface area contributed by atoms with Gasteiger partial charge in [0.2, 0.25) is 0 Å². The zero-order valence-electron chi connectivity index (χ0n) is 28.9. The Bertz CT molecular complexity index is 3230.